The van der Waals surface area contributed by atoms with Gasteiger partial charge in [-0.1, -0.05) is 11.6 Å². The molecule has 0 radical (unpaired) electrons. The molecule has 1 aliphatic rings. The smallest absolute Gasteiger partial charge is 0.332 e. The number of hydrogen-bond acceptors (Lipinski definition) is 6. The Hall–Kier alpha value is -2.32. The average Bonchev–Trinajstić information content (AvgIpc) is 3.11. The van der Waals surface area contributed by atoms with Gasteiger partial charge in [-0.05, 0) is 58.8 Å². The molecule has 158 valence electrons. The van der Waals surface area contributed by atoms with E-state index < -0.39 is 29.2 Å². The highest BCUT2D eigenvalue weighted by atomic mass is 35.5. The average molecular weight is 426 g/mol. The minimum atomic E-state index is -1.94. The van der Waals surface area contributed by atoms with Crippen LogP contribution in [0.4, 0.5) is 10.1 Å². The van der Waals surface area contributed by atoms with E-state index in [-0.39, 0.29) is 34.7 Å². The van der Waals surface area contributed by atoms with E-state index in [1.807, 2.05) is 0 Å². The van der Waals surface area contributed by atoms with Crippen LogP contribution >= 0.6 is 11.6 Å². The number of furan rings is 1. The fourth-order valence-electron chi connectivity index (χ4n) is 3.40. The molecule has 29 heavy (non-hydrogen) atoms. The zero-order valence-corrected chi connectivity index (χ0v) is 17.4. The van der Waals surface area contributed by atoms with E-state index in [1.54, 1.807) is 26.8 Å². The predicted octanol–water partition coefficient (Wildman–Crippen LogP) is 3.20. The highest BCUT2D eigenvalue weighted by molar-refractivity contribution is 6.35. The van der Waals surface area contributed by atoms with E-state index in [0.29, 0.717) is 18.5 Å². The van der Waals surface area contributed by atoms with Gasteiger partial charge in [0.05, 0.1) is 22.5 Å². The van der Waals surface area contributed by atoms with Crippen LogP contribution in [0.1, 0.15) is 44.0 Å². The van der Waals surface area contributed by atoms with Gasteiger partial charge in [0, 0.05) is 5.39 Å². The van der Waals surface area contributed by atoms with E-state index in [1.165, 1.54) is 12.3 Å². The molecule has 9 heteroatoms. The zero-order valence-electron chi connectivity index (χ0n) is 16.6. The molecular formula is C20H25ClFN3O4. The topological polar surface area (TPSA) is 107 Å². The summed E-state index contributed by atoms with van der Waals surface area (Å²) in [6, 6.07) is 1.46. The van der Waals surface area contributed by atoms with Crippen LogP contribution in [0.15, 0.2) is 22.8 Å². The summed E-state index contributed by atoms with van der Waals surface area (Å²) in [4.78, 5) is 25.8. The number of nitrogen functional groups attached to an aromatic ring is 1. The number of alkyl halides is 1. The second kappa shape index (κ2) is 7.84. The third-order valence-electron chi connectivity index (χ3n) is 4.84. The van der Waals surface area contributed by atoms with Gasteiger partial charge >= 0.3 is 5.97 Å². The van der Waals surface area contributed by atoms with Gasteiger partial charge in [-0.2, -0.15) is 0 Å². The molecule has 1 aromatic carbocycles. The van der Waals surface area contributed by atoms with Crippen LogP contribution in [0.2, 0.25) is 5.02 Å². The summed E-state index contributed by atoms with van der Waals surface area (Å²) < 4.78 is 26.5. The van der Waals surface area contributed by atoms with Gasteiger partial charge in [-0.25, -0.2) is 9.18 Å². The van der Waals surface area contributed by atoms with E-state index in [4.69, 9.17) is 26.5 Å². The molecule has 1 aliphatic heterocycles. The SMILES string of the molecule is CC(C)(C)OC(=O)C(NC(=O)c1cc(Cl)c(N)c2ccoc12)C1(F)CCNCC1. The van der Waals surface area contributed by atoms with Crippen molar-refractivity contribution in [3.05, 3.63) is 29.0 Å². The van der Waals surface area contributed by atoms with Crippen molar-refractivity contribution < 1.29 is 23.1 Å². The molecule has 4 N–H and O–H groups in total. The number of carbonyl (C=O) groups is 2. The maximum atomic E-state index is 15.7. The molecule has 1 saturated heterocycles. The number of esters is 1. The molecule has 0 spiro atoms. The molecule has 1 unspecified atom stereocenters. The van der Waals surface area contributed by atoms with Gasteiger partial charge in [0.25, 0.3) is 5.91 Å². The summed E-state index contributed by atoms with van der Waals surface area (Å²) in [7, 11) is 0. The molecule has 7 nitrogen and oxygen atoms in total. The fraction of sp³-hybridized carbons (Fsp3) is 0.500. The Morgan fingerprint density at radius 3 is 2.66 bits per heavy atom. The first-order valence-corrected chi connectivity index (χ1v) is 9.78. The molecule has 1 aromatic heterocycles. The largest absolute Gasteiger partial charge is 0.463 e. The van der Waals surface area contributed by atoms with Crippen LogP contribution in [0.3, 0.4) is 0 Å². The van der Waals surface area contributed by atoms with Crippen LogP contribution in [0, 0.1) is 0 Å². The Kier molecular flexibility index (Phi) is 5.78. The fourth-order valence-corrected chi connectivity index (χ4v) is 3.61. The summed E-state index contributed by atoms with van der Waals surface area (Å²) in [6.45, 7) is 5.83. The van der Waals surface area contributed by atoms with Gasteiger partial charge in [0.15, 0.2) is 6.04 Å². The zero-order chi connectivity index (χ0) is 21.4. The number of benzene rings is 1. The van der Waals surface area contributed by atoms with Crippen LogP contribution in [0.5, 0.6) is 0 Å². The third kappa shape index (κ3) is 4.48. The van der Waals surface area contributed by atoms with E-state index in [9.17, 15) is 9.59 Å². The molecular weight excluding hydrogens is 401 g/mol. The van der Waals surface area contributed by atoms with Crippen LogP contribution < -0.4 is 16.4 Å². The van der Waals surface area contributed by atoms with Crippen LogP contribution in [-0.4, -0.2) is 42.3 Å². The second-order valence-electron chi connectivity index (χ2n) is 8.21. The van der Waals surface area contributed by atoms with Crippen molar-refractivity contribution in [2.75, 3.05) is 18.8 Å². The van der Waals surface area contributed by atoms with Crippen molar-refractivity contribution in [1.82, 2.24) is 10.6 Å². The van der Waals surface area contributed by atoms with Crippen molar-refractivity contribution >= 4 is 40.1 Å². The minimum absolute atomic E-state index is 0.0651. The first kappa shape index (κ1) is 21.4. The standard InChI is InChI=1S/C20H25ClFN3O4/c1-19(2,3)29-18(27)16(20(22)5-7-24-8-6-20)25-17(26)12-10-13(21)14(23)11-4-9-28-15(11)12/h4,9-10,16,24H,5-8,23H2,1-3H3,(H,25,26). The molecule has 0 aliphatic carbocycles. The number of anilines is 1. The number of nitrogens with one attached hydrogen (secondary N) is 2. The van der Waals surface area contributed by atoms with E-state index in [2.05, 4.69) is 10.6 Å². The number of amides is 1. The summed E-state index contributed by atoms with van der Waals surface area (Å²) in [5, 5.41) is 6.20. The number of hydrogen-bond donors (Lipinski definition) is 3. The van der Waals surface area contributed by atoms with Crippen molar-refractivity contribution in [1.29, 1.82) is 0 Å². The third-order valence-corrected chi connectivity index (χ3v) is 5.16. The summed E-state index contributed by atoms with van der Waals surface area (Å²) in [6.07, 6.45) is 1.51. The quantitative estimate of drug-likeness (QED) is 0.513. The Bertz CT molecular complexity index is 932. The van der Waals surface area contributed by atoms with Crippen LogP contribution in [0.25, 0.3) is 11.0 Å². The lowest BCUT2D eigenvalue weighted by atomic mass is 9.86. The highest BCUT2D eigenvalue weighted by Crippen LogP contribution is 2.34. The molecule has 1 atom stereocenters. The van der Waals surface area contributed by atoms with Crippen molar-refractivity contribution in [3.8, 4) is 0 Å². The first-order chi connectivity index (χ1) is 13.5. The van der Waals surface area contributed by atoms with E-state index in [0.717, 1.165) is 0 Å². The lowest BCUT2D eigenvalue weighted by Gasteiger charge is -2.37. The normalized spacial score (nSPS) is 17.7. The number of halogens is 2. The van der Waals surface area contributed by atoms with Gasteiger partial charge in [-0.15, -0.1) is 0 Å². The number of ether oxygens (including phenoxy) is 1. The molecule has 2 aromatic rings. The number of nitrogens with two attached hydrogens (primary N) is 1. The van der Waals surface area contributed by atoms with Gasteiger partial charge in [0.1, 0.15) is 16.9 Å². The Morgan fingerprint density at radius 1 is 1.38 bits per heavy atom. The second-order valence-corrected chi connectivity index (χ2v) is 8.61. The number of carbonyl (C=O) groups excluding carboxylic acids is 2. The van der Waals surface area contributed by atoms with Gasteiger partial charge in [0.2, 0.25) is 0 Å². The molecule has 1 fully saturated rings. The number of piperidine rings is 1. The van der Waals surface area contributed by atoms with Crippen molar-refractivity contribution in [3.63, 3.8) is 0 Å². The predicted molar refractivity (Wildman–Crippen MR) is 109 cm³/mol. The molecule has 3 rings (SSSR count). The lowest BCUT2D eigenvalue weighted by Crippen LogP contribution is -2.59. The lowest BCUT2D eigenvalue weighted by molar-refractivity contribution is -0.162. The molecule has 2 heterocycles. The maximum Gasteiger partial charge on any atom is 0.332 e. The minimum Gasteiger partial charge on any atom is -0.463 e. The molecule has 1 amide bonds. The van der Waals surface area contributed by atoms with Gasteiger partial charge in [-0.3, -0.25) is 4.79 Å². The van der Waals surface area contributed by atoms with E-state index >= 15 is 4.39 Å². The Morgan fingerprint density at radius 2 is 2.03 bits per heavy atom. The number of rotatable bonds is 4. The molecule has 0 saturated carbocycles. The Labute approximate surface area is 173 Å². The van der Waals surface area contributed by atoms with Crippen LogP contribution in [-0.2, 0) is 9.53 Å². The van der Waals surface area contributed by atoms with Crippen molar-refractivity contribution in [2.45, 2.75) is 50.9 Å². The van der Waals surface area contributed by atoms with Gasteiger partial charge < -0.3 is 25.5 Å². The Balaban J connectivity index is 1.95. The maximum absolute atomic E-state index is 15.7. The summed E-state index contributed by atoms with van der Waals surface area (Å²) in [5.74, 6) is -1.52. The summed E-state index contributed by atoms with van der Waals surface area (Å²) in [5.41, 5.74) is 3.70. The first-order valence-electron chi connectivity index (χ1n) is 9.40. The van der Waals surface area contributed by atoms with Crippen molar-refractivity contribution in [2.24, 2.45) is 0 Å². The molecule has 0 bridgehead atoms. The number of fused-ring (bicyclic) bond motifs is 1. The highest BCUT2D eigenvalue weighted by Gasteiger charge is 2.47. The monoisotopic (exact) mass is 425 g/mol. The summed E-state index contributed by atoms with van der Waals surface area (Å²) >= 11 is 6.14.